The fourth-order valence-corrected chi connectivity index (χ4v) is 2.34. The first-order valence-electron chi connectivity index (χ1n) is 8.22. The molecule has 0 spiro atoms. The molecular weight excluding hydrogens is 415 g/mol. The van der Waals surface area contributed by atoms with Crippen LogP contribution in [0, 0.1) is 5.92 Å². The number of hydrogen-bond acceptors (Lipinski definition) is 3. The van der Waals surface area contributed by atoms with Gasteiger partial charge in [0.1, 0.15) is 5.75 Å². The summed E-state index contributed by atoms with van der Waals surface area (Å²) < 4.78 is 5.33. The van der Waals surface area contributed by atoms with Crippen LogP contribution in [0.4, 0.5) is 0 Å². The predicted molar refractivity (Wildman–Crippen MR) is 114 cm³/mol. The smallest absolute Gasteiger partial charge is 0.191 e. The Labute approximate surface area is 164 Å². The molecule has 0 saturated heterocycles. The summed E-state index contributed by atoms with van der Waals surface area (Å²) in [5.41, 5.74) is 1.22. The molecule has 0 bridgehead atoms. The van der Waals surface area contributed by atoms with Gasteiger partial charge in [0.2, 0.25) is 0 Å². The molecule has 0 radical (unpaired) electrons. The second kappa shape index (κ2) is 12.4. The average Bonchev–Trinajstić information content (AvgIpc) is 2.53. The molecule has 0 aliphatic heterocycles. The van der Waals surface area contributed by atoms with Gasteiger partial charge in [-0.15, -0.1) is 24.0 Å². The second-order valence-corrected chi connectivity index (χ2v) is 6.32. The summed E-state index contributed by atoms with van der Waals surface area (Å²) in [6.45, 7) is 6.16. The SMILES string of the molecule is CN=C(NCCC(C)C)NCC(c1cccc(OC)c1)N(C)C.I. The summed E-state index contributed by atoms with van der Waals surface area (Å²) in [5.74, 6) is 2.42. The van der Waals surface area contributed by atoms with Gasteiger partial charge in [-0.05, 0) is 44.1 Å². The number of aliphatic imine (C=N–C) groups is 1. The van der Waals surface area contributed by atoms with Gasteiger partial charge in [0.25, 0.3) is 0 Å². The minimum absolute atomic E-state index is 0. The summed E-state index contributed by atoms with van der Waals surface area (Å²) in [5, 5.41) is 6.78. The zero-order valence-corrected chi connectivity index (χ0v) is 18.1. The fraction of sp³-hybridized carbons (Fsp3) is 0.611. The predicted octanol–water partition coefficient (Wildman–Crippen LogP) is 3.13. The van der Waals surface area contributed by atoms with Crippen molar-refractivity contribution in [3.05, 3.63) is 29.8 Å². The van der Waals surface area contributed by atoms with E-state index in [1.165, 1.54) is 5.56 Å². The van der Waals surface area contributed by atoms with Gasteiger partial charge < -0.3 is 20.3 Å². The van der Waals surface area contributed by atoms with Gasteiger partial charge in [-0.3, -0.25) is 4.99 Å². The number of ether oxygens (including phenoxy) is 1. The lowest BCUT2D eigenvalue weighted by Gasteiger charge is -2.26. The van der Waals surface area contributed by atoms with Crippen molar-refractivity contribution in [3.8, 4) is 5.75 Å². The lowest BCUT2D eigenvalue weighted by Crippen LogP contribution is -2.42. The number of rotatable bonds is 8. The monoisotopic (exact) mass is 448 g/mol. The van der Waals surface area contributed by atoms with Crippen molar-refractivity contribution < 1.29 is 4.74 Å². The molecule has 1 atom stereocenters. The number of guanidine groups is 1. The first-order valence-corrected chi connectivity index (χ1v) is 8.22. The third-order valence-corrected chi connectivity index (χ3v) is 3.80. The van der Waals surface area contributed by atoms with E-state index < -0.39 is 0 Å². The Morgan fingerprint density at radius 2 is 1.96 bits per heavy atom. The van der Waals surface area contributed by atoms with Crippen molar-refractivity contribution in [3.63, 3.8) is 0 Å². The number of nitrogens with zero attached hydrogens (tertiary/aromatic N) is 2. The van der Waals surface area contributed by atoms with Gasteiger partial charge >= 0.3 is 0 Å². The Balaban J connectivity index is 0.00000529. The molecule has 0 fully saturated rings. The van der Waals surface area contributed by atoms with E-state index in [9.17, 15) is 0 Å². The molecule has 0 aromatic heterocycles. The average molecular weight is 448 g/mol. The summed E-state index contributed by atoms with van der Waals surface area (Å²) in [4.78, 5) is 6.49. The molecule has 0 amide bonds. The first kappa shape index (κ1) is 23.0. The Bertz CT molecular complexity index is 492. The normalized spacial score (nSPS) is 12.8. The van der Waals surface area contributed by atoms with Gasteiger partial charge in [-0.1, -0.05) is 26.0 Å². The van der Waals surface area contributed by atoms with Gasteiger partial charge in [-0.2, -0.15) is 0 Å². The molecule has 5 nitrogen and oxygen atoms in total. The maximum absolute atomic E-state index is 5.33. The van der Waals surface area contributed by atoms with Crippen LogP contribution >= 0.6 is 24.0 Å². The minimum Gasteiger partial charge on any atom is -0.497 e. The third kappa shape index (κ3) is 8.19. The standard InChI is InChI=1S/C18H32N4O.HI/c1-14(2)10-11-20-18(19-3)21-13-17(22(4)5)15-8-7-9-16(12-15)23-6;/h7-9,12,14,17H,10-11,13H2,1-6H3,(H2,19,20,21);1H. The molecular formula is C18H33IN4O. The van der Waals surface area contributed by atoms with E-state index in [2.05, 4.69) is 60.6 Å². The van der Waals surface area contributed by atoms with Crippen molar-refractivity contribution in [1.29, 1.82) is 0 Å². The number of hydrogen-bond donors (Lipinski definition) is 2. The second-order valence-electron chi connectivity index (χ2n) is 6.32. The number of halogens is 1. The first-order chi connectivity index (χ1) is 11.0. The largest absolute Gasteiger partial charge is 0.497 e. The molecule has 24 heavy (non-hydrogen) atoms. The van der Waals surface area contributed by atoms with E-state index in [4.69, 9.17) is 4.74 Å². The van der Waals surface area contributed by atoms with Gasteiger partial charge in [-0.25, -0.2) is 0 Å². The minimum atomic E-state index is 0. The fourth-order valence-electron chi connectivity index (χ4n) is 2.34. The van der Waals surface area contributed by atoms with Crippen molar-refractivity contribution in [2.45, 2.75) is 26.3 Å². The number of methoxy groups -OCH3 is 1. The zero-order chi connectivity index (χ0) is 17.2. The molecule has 2 N–H and O–H groups in total. The highest BCUT2D eigenvalue weighted by molar-refractivity contribution is 14.0. The van der Waals surface area contributed by atoms with Crippen molar-refractivity contribution in [2.75, 3.05) is 41.3 Å². The molecule has 1 aromatic carbocycles. The van der Waals surface area contributed by atoms with Crippen molar-refractivity contribution >= 4 is 29.9 Å². The van der Waals surface area contributed by atoms with Crippen LogP contribution in [0.5, 0.6) is 5.75 Å². The van der Waals surface area contributed by atoms with Crippen LogP contribution in [0.15, 0.2) is 29.3 Å². The highest BCUT2D eigenvalue weighted by Crippen LogP contribution is 2.21. The van der Waals surface area contributed by atoms with Crippen LogP contribution in [-0.2, 0) is 0 Å². The molecule has 0 heterocycles. The lowest BCUT2D eigenvalue weighted by atomic mass is 10.1. The summed E-state index contributed by atoms with van der Waals surface area (Å²) >= 11 is 0. The van der Waals surface area contributed by atoms with Gasteiger partial charge in [0.15, 0.2) is 5.96 Å². The summed E-state index contributed by atoms with van der Waals surface area (Å²) in [6, 6.07) is 8.45. The highest BCUT2D eigenvalue weighted by atomic mass is 127. The summed E-state index contributed by atoms with van der Waals surface area (Å²) in [7, 11) is 7.67. The van der Waals surface area contributed by atoms with Crippen LogP contribution in [0.3, 0.4) is 0 Å². The molecule has 138 valence electrons. The topological polar surface area (TPSA) is 48.9 Å². The quantitative estimate of drug-likeness (QED) is 0.365. The maximum atomic E-state index is 5.33. The number of benzene rings is 1. The Morgan fingerprint density at radius 1 is 1.25 bits per heavy atom. The van der Waals surface area contributed by atoms with Crippen LogP contribution in [0.25, 0.3) is 0 Å². The van der Waals surface area contributed by atoms with Gasteiger partial charge in [0, 0.05) is 20.1 Å². The molecule has 0 saturated carbocycles. The zero-order valence-electron chi connectivity index (χ0n) is 15.8. The van der Waals surface area contributed by atoms with E-state index >= 15 is 0 Å². The lowest BCUT2D eigenvalue weighted by molar-refractivity contribution is 0.297. The molecule has 6 heteroatoms. The Hall–Kier alpha value is -1.02. The van der Waals surface area contributed by atoms with E-state index in [1.807, 2.05) is 12.1 Å². The van der Waals surface area contributed by atoms with Crippen LogP contribution in [0.2, 0.25) is 0 Å². The van der Waals surface area contributed by atoms with E-state index in [0.717, 1.165) is 31.2 Å². The third-order valence-electron chi connectivity index (χ3n) is 3.80. The molecule has 1 unspecified atom stereocenters. The molecule has 1 aromatic rings. The van der Waals surface area contributed by atoms with Crippen LogP contribution in [0.1, 0.15) is 31.9 Å². The molecule has 0 aliphatic rings. The van der Waals surface area contributed by atoms with Crippen molar-refractivity contribution in [2.24, 2.45) is 10.9 Å². The van der Waals surface area contributed by atoms with Gasteiger partial charge in [0.05, 0.1) is 13.2 Å². The van der Waals surface area contributed by atoms with Crippen molar-refractivity contribution in [1.82, 2.24) is 15.5 Å². The summed E-state index contributed by atoms with van der Waals surface area (Å²) in [6.07, 6.45) is 1.13. The highest BCUT2D eigenvalue weighted by Gasteiger charge is 2.15. The van der Waals surface area contributed by atoms with Crippen LogP contribution in [-0.4, -0.2) is 52.2 Å². The van der Waals surface area contributed by atoms with E-state index in [1.54, 1.807) is 14.2 Å². The maximum Gasteiger partial charge on any atom is 0.191 e. The van der Waals surface area contributed by atoms with Crippen LogP contribution < -0.4 is 15.4 Å². The Kier molecular flexibility index (Phi) is 11.8. The Morgan fingerprint density at radius 3 is 2.50 bits per heavy atom. The molecule has 1 rings (SSSR count). The van der Waals surface area contributed by atoms with E-state index in [-0.39, 0.29) is 30.0 Å². The number of nitrogens with one attached hydrogen (secondary N) is 2. The molecule has 0 aliphatic carbocycles. The number of likely N-dealkylation sites (N-methyl/N-ethyl adjacent to an activating group) is 1. The van der Waals surface area contributed by atoms with E-state index in [0.29, 0.717) is 5.92 Å².